The number of hydrogen-bond donors (Lipinski definition) is 3. The lowest BCUT2D eigenvalue weighted by Crippen LogP contribution is -2.35. The second-order valence-electron chi connectivity index (χ2n) is 7.07. The first kappa shape index (κ1) is 20.7. The van der Waals surface area contributed by atoms with Crippen molar-refractivity contribution in [3.05, 3.63) is 59.4 Å². The number of fused-ring (bicyclic) bond motifs is 1. The average molecular weight is 427 g/mol. The van der Waals surface area contributed by atoms with Crippen LogP contribution in [0.4, 0.5) is 17.6 Å². The van der Waals surface area contributed by atoms with Crippen LogP contribution in [0.2, 0.25) is 0 Å². The molecular formula is C19H17F4N3O4. The van der Waals surface area contributed by atoms with Gasteiger partial charge in [0.25, 0.3) is 0 Å². The molecule has 0 spiro atoms. The van der Waals surface area contributed by atoms with E-state index in [-0.39, 0.29) is 5.56 Å². The molecule has 0 radical (unpaired) electrons. The number of ether oxygens (including phenoxy) is 1. The van der Waals surface area contributed by atoms with Gasteiger partial charge in [-0.1, -0.05) is 6.07 Å². The van der Waals surface area contributed by atoms with Crippen LogP contribution in [0.3, 0.4) is 0 Å². The number of aliphatic hydroxyl groups excluding tert-OH is 3. The molecule has 1 aliphatic heterocycles. The lowest BCUT2D eigenvalue weighted by molar-refractivity contribution is -0.140. The summed E-state index contributed by atoms with van der Waals surface area (Å²) in [6.07, 6.45) is -9.58. The van der Waals surface area contributed by atoms with Gasteiger partial charge >= 0.3 is 6.18 Å². The van der Waals surface area contributed by atoms with Crippen LogP contribution in [-0.2, 0) is 10.9 Å². The molecule has 3 aromatic rings. The van der Waals surface area contributed by atoms with Gasteiger partial charge in [0.15, 0.2) is 6.23 Å². The molecule has 1 aliphatic rings. The maximum Gasteiger partial charge on any atom is 0.419 e. The van der Waals surface area contributed by atoms with Crippen LogP contribution in [0.5, 0.6) is 0 Å². The van der Waals surface area contributed by atoms with E-state index in [9.17, 15) is 32.9 Å². The number of aromatic nitrogens is 3. The maximum atomic E-state index is 13.5. The van der Waals surface area contributed by atoms with Crippen LogP contribution in [0, 0.1) is 12.7 Å². The van der Waals surface area contributed by atoms with E-state index in [0.717, 1.165) is 6.07 Å². The molecule has 3 N–H and O–H groups in total. The number of aryl methyl sites for hydroxylation is 1. The van der Waals surface area contributed by atoms with Gasteiger partial charge in [-0.05, 0) is 30.7 Å². The predicted molar refractivity (Wildman–Crippen MR) is 94.6 cm³/mol. The van der Waals surface area contributed by atoms with Gasteiger partial charge in [-0.15, -0.1) is 0 Å². The fraction of sp³-hybridized carbons (Fsp3) is 0.368. The third kappa shape index (κ3) is 3.33. The van der Waals surface area contributed by atoms with Crippen LogP contribution in [0.25, 0.3) is 11.0 Å². The van der Waals surface area contributed by atoms with Gasteiger partial charge in [0, 0.05) is 11.6 Å². The number of nitrogens with zero attached hydrogens (tertiary/aromatic N) is 3. The second kappa shape index (κ2) is 7.27. The highest BCUT2D eigenvalue weighted by molar-refractivity contribution is 5.78. The maximum absolute atomic E-state index is 13.5. The van der Waals surface area contributed by atoms with E-state index in [1.807, 2.05) is 0 Å². The molecule has 1 fully saturated rings. The first-order valence-corrected chi connectivity index (χ1v) is 8.94. The van der Waals surface area contributed by atoms with E-state index in [1.165, 1.54) is 10.9 Å². The molecule has 1 aromatic carbocycles. The molecule has 0 aliphatic carbocycles. The zero-order valence-electron chi connectivity index (χ0n) is 15.5. The number of alkyl halides is 3. The minimum absolute atomic E-state index is 0.309. The topological polar surface area (TPSA) is 101 Å². The Kier molecular flexibility index (Phi) is 5.01. The van der Waals surface area contributed by atoms with Crippen LogP contribution < -0.4 is 0 Å². The largest absolute Gasteiger partial charge is 0.419 e. The first-order valence-electron chi connectivity index (χ1n) is 8.94. The summed E-state index contributed by atoms with van der Waals surface area (Å²) in [6, 6.07) is 3.69. The molecule has 160 valence electrons. The van der Waals surface area contributed by atoms with Crippen molar-refractivity contribution in [2.45, 2.75) is 43.7 Å². The molecular weight excluding hydrogens is 410 g/mol. The number of hydrogen-bond acceptors (Lipinski definition) is 6. The van der Waals surface area contributed by atoms with Gasteiger partial charge in [-0.25, -0.2) is 14.4 Å². The van der Waals surface area contributed by atoms with Crippen molar-refractivity contribution in [1.82, 2.24) is 14.5 Å². The highest BCUT2D eigenvalue weighted by Crippen LogP contribution is 2.39. The average Bonchev–Trinajstić information content (AvgIpc) is 3.23. The zero-order valence-corrected chi connectivity index (χ0v) is 15.5. The normalized spacial score (nSPS) is 25.7. The summed E-state index contributed by atoms with van der Waals surface area (Å²) in [5, 5.41) is 32.1. The van der Waals surface area contributed by atoms with Crippen molar-refractivity contribution < 1.29 is 37.6 Å². The quantitative estimate of drug-likeness (QED) is 0.555. The van der Waals surface area contributed by atoms with E-state index in [4.69, 9.17) is 4.74 Å². The molecule has 0 saturated carbocycles. The summed E-state index contributed by atoms with van der Waals surface area (Å²) in [5.74, 6) is -1.49. The summed E-state index contributed by atoms with van der Waals surface area (Å²) in [5.41, 5.74) is -0.771. The molecule has 30 heavy (non-hydrogen) atoms. The molecule has 5 atom stereocenters. The Hall–Kier alpha value is -2.60. The van der Waals surface area contributed by atoms with E-state index < -0.39 is 48.2 Å². The summed E-state index contributed by atoms with van der Waals surface area (Å²) in [6.45, 7) is 1.76. The van der Waals surface area contributed by atoms with Gasteiger partial charge in [-0.3, -0.25) is 0 Å². The third-order valence-corrected chi connectivity index (χ3v) is 5.21. The molecule has 0 bridgehead atoms. The van der Waals surface area contributed by atoms with Crippen molar-refractivity contribution in [1.29, 1.82) is 0 Å². The van der Waals surface area contributed by atoms with E-state index in [1.54, 1.807) is 19.2 Å². The van der Waals surface area contributed by atoms with Crippen molar-refractivity contribution >= 4 is 11.0 Å². The summed E-state index contributed by atoms with van der Waals surface area (Å²) in [4.78, 5) is 8.19. The van der Waals surface area contributed by atoms with Gasteiger partial charge < -0.3 is 24.6 Å². The summed E-state index contributed by atoms with van der Waals surface area (Å²) in [7, 11) is 0. The number of rotatable bonds is 3. The van der Waals surface area contributed by atoms with E-state index in [0.29, 0.717) is 28.9 Å². The van der Waals surface area contributed by atoms with Crippen LogP contribution >= 0.6 is 0 Å². The van der Waals surface area contributed by atoms with Gasteiger partial charge in [0.2, 0.25) is 0 Å². The molecule has 7 nitrogen and oxygen atoms in total. The van der Waals surface area contributed by atoms with Crippen molar-refractivity contribution in [2.75, 3.05) is 0 Å². The molecule has 2 aromatic heterocycles. The highest BCUT2D eigenvalue weighted by Gasteiger charge is 2.48. The minimum atomic E-state index is -4.96. The lowest BCUT2D eigenvalue weighted by Gasteiger charge is -2.22. The Morgan fingerprint density at radius 1 is 1.13 bits per heavy atom. The SMILES string of the molecule is Cc1ncnc2c1ccn2[C@@H]1O[C@H]([C@H](O)c2ccc(F)c(C(F)(F)F)c2)[C@@H](O)[C@H]1O. The summed E-state index contributed by atoms with van der Waals surface area (Å²) < 4.78 is 59.5. The summed E-state index contributed by atoms with van der Waals surface area (Å²) >= 11 is 0. The van der Waals surface area contributed by atoms with Crippen molar-refractivity contribution in [3.8, 4) is 0 Å². The molecule has 0 amide bonds. The fourth-order valence-corrected chi connectivity index (χ4v) is 3.61. The molecule has 1 saturated heterocycles. The Morgan fingerprint density at radius 3 is 2.57 bits per heavy atom. The van der Waals surface area contributed by atoms with E-state index in [2.05, 4.69) is 9.97 Å². The molecule has 4 rings (SSSR count). The van der Waals surface area contributed by atoms with Gasteiger partial charge in [0.1, 0.15) is 42.2 Å². The third-order valence-electron chi connectivity index (χ3n) is 5.21. The highest BCUT2D eigenvalue weighted by atomic mass is 19.4. The van der Waals surface area contributed by atoms with E-state index >= 15 is 0 Å². The Labute approximate surface area is 167 Å². The molecule has 11 heteroatoms. The number of halogens is 4. The minimum Gasteiger partial charge on any atom is -0.387 e. The van der Waals surface area contributed by atoms with Crippen LogP contribution in [0.15, 0.2) is 36.8 Å². The number of benzene rings is 1. The predicted octanol–water partition coefficient (Wildman–Crippen LogP) is 2.25. The molecule has 3 heterocycles. The van der Waals surface area contributed by atoms with Gasteiger partial charge in [-0.2, -0.15) is 13.2 Å². The van der Waals surface area contributed by atoms with Crippen molar-refractivity contribution in [3.63, 3.8) is 0 Å². The Bertz CT molecular complexity index is 1090. The van der Waals surface area contributed by atoms with Crippen LogP contribution in [0.1, 0.15) is 29.2 Å². The smallest absolute Gasteiger partial charge is 0.387 e. The second-order valence-corrected chi connectivity index (χ2v) is 7.07. The monoisotopic (exact) mass is 427 g/mol. The fourth-order valence-electron chi connectivity index (χ4n) is 3.61. The number of aliphatic hydroxyl groups is 3. The first-order chi connectivity index (χ1) is 14.1. The standard InChI is InChI=1S/C19H17F4N3O4/c1-8-10-4-5-26(17(10)25-7-24-8)18-15(29)14(28)16(30-18)13(27)9-2-3-12(20)11(6-9)19(21,22)23/h2-7,13-16,18,27-29H,1H3/t13-,14+,15-,16-,18-/m1/s1. The molecule has 0 unspecified atom stereocenters. The van der Waals surface area contributed by atoms with Crippen molar-refractivity contribution in [2.24, 2.45) is 0 Å². The lowest BCUT2D eigenvalue weighted by atomic mass is 9.97. The Balaban J connectivity index is 1.66. The van der Waals surface area contributed by atoms with Crippen LogP contribution in [-0.4, -0.2) is 48.2 Å². The Morgan fingerprint density at radius 2 is 1.87 bits per heavy atom. The van der Waals surface area contributed by atoms with Gasteiger partial charge in [0.05, 0.1) is 11.3 Å². The zero-order chi connectivity index (χ0) is 21.8.